The molecule has 1 heterocycles. The lowest BCUT2D eigenvalue weighted by molar-refractivity contribution is -0.136. The number of carboxylic acids is 1. The molecule has 0 saturated heterocycles. The van der Waals surface area contributed by atoms with Gasteiger partial charge in [-0.3, -0.25) is 4.79 Å². The van der Waals surface area contributed by atoms with E-state index < -0.39 is 5.97 Å². The maximum Gasteiger partial charge on any atom is 0.303 e. The largest absolute Gasteiger partial charge is 0.495 e. The number of hydrogen-bond acceptors (Lipinski definition) is 2. The van der Waals surface area contributed by atoms with Crippen LogP contribution in [0.25, 0.3) is 10.9 Å². The fourth-order valence-corrected chi connectivity index (χ4v) is 2.25. The number of aliphatic carboxylic acids is 1. The van der Waals surface area contributed by atoms with E-state index in [-0.39, 0.29) is 6.42 Å². The fourth-order valence-electron chi connectivity index (χ4n) is 2.25. The molecule has 1 aromatic heterocycles. The third-order valence-corrected chi connectivity index (χ3v) is 3.11. The van der Waals surface area contributed by atoms with Gasteiger partial charge >= 0.3 is 5.97 Å². The summed E-state index contributed by atoms with van der Waals surface area (Å²) >= 11 is 0. The average Bonchev–Trinajstić information content (AvgIpc) is 2.74. The Balaban J connectivity index is 2.51. The van der Waals surface area contributed by atoms with Crippen molar-refractivity contribution in [2.24, 2.45) is 0 Å². The third-order valence-electron chi connectivity index (χ3n) is 3.11. The van der Waals surface area contributed by atoms with Gasteiger partial charge in [-0.05, 0) is 25.0 Å². The Morgan fingerprint density at radius 2 is 2.22 bits per heavy atom. The summed E-state index contributed by atoms with van der Waals surface area (Å²) in [6.07, 6.45) is 2.72. The van der Waals surface area contributed by atoms with E-state index >= 15 is 0 Å². The molecule has 2 rings (SSSR count). The van der Waals surface area contributed by atoms with Crippen molar-refractivity contribution in [3.05, 3.63) is 30.0 Å². The Bertz CT molecular complexity index is 572. The van der Waals surface area contributed by atoms with Gasteiger partial charge in [0, 0.05) is 24.5 Å². The molecule has 1 N–H and O–H groups in total. The van der Waals surface area contributed by atoms with Crippen molar-refractivity contribution in [3.63, 3.8) is 0 Å². The number of carbonyl (C=O) groups is 1. The molecule has 0 aliphatic rings. The molecule has 1 aromatic carbocycles. The fraction of sp³-hybridized carbons (Fsp3) is 0.357. The first kappa shape index (κ1) is 12.5. The number of hydrogen-bond donors (Lipinski definition) is 1. The van der Waals surface area contributed by atoms with Gasteiger partial charge in [0.1, 0.15) is 5.75 Å². The molecule has 2 aromatic rings. The molecular formula is C14H17NO3. The van der Waals surface area contributed by atoms with Crippen molar-refractivity contribution in [1.29, 1.82) is 0 Å². The zero-order valence-electron chi connectivity index (χ0n) is 10.6. The highest BCUT2D eigenvalue weighted by molar-refractivity contribution is 5.89. The minimum atomic E-state index is -0.768. The SMILES string of the molecule is CCn1cc(CCC(=O)O)c2cccc(OC)c21. The maximum atomic E-state index is 10.7. The van der Waals surface area contributed by atoms with Crippen molar-refractivity contribution >= 4 is 16.9 Å². The number of carboxylic acid groups (broad SMARTS) is 1. The number of para-hydroxylation sites is 1. The van der Waals surface area contributed by atoms with Crippen LogP contribution in [0.15, 0.2) is 24.4 Å². The van der Waals surface area contributed by atoms with Gasteiger partial charge in [0.15, 0.2) is 0 Å². The van der Waals surface area contributed by atoms with Gasteiger partial charge in [-0.15, -0.1) is 0 Å². The number of ether oxygens (including phenoxy) is 1. The van der Waals surface area contributed by atoms with Crippen molar-refractivity contribution in [3.8, 4) is 5.75 Å². The summed E-state index contributed by atoms with van der Waals surface area (Å²) in [6, 6.07) is 5.88. The molecule has 4 nitrogen and oxygen atoms in total. The number of benzene rings is 1. The second kappa shape index (κ2) is 5.12. The topological polar surface area (TPSA) is 51.5 Å². The highest BCUT2D eigenvalue weighted by Crippen LogP contribution is 2.30. The Kier molecular flexibility index (Phi) is 3.55. The standard InChI is InChI=1S/C14H17NO3/c1-3-15-9-10(7-8-13(16)17)11-5-4-6-12(18-2)14(11)15/h4-6,9H,3,7-8H2,1-2H3,(H,16,17). The molecule has 0 aliphatic carbocycles. The van der Waals surface area contributed by atoms with Crippen LogP contribution < -0.4 is 4.74 Å². The first-order valence-electron chi connectivity index (χ1n) is 6.04. The van der Waals surface area contributed by atoms with Crippen LogP contribution in [0, 0.1) is 0 Å². The lowest BCUT2D eigenvalue weighted by atomic mass is 10.1. The molecule has 96 valence electrons. The number of methoxy groups -OCH3 is 1. The van der Waals surface area contributed by atoms with Crippen molar-refractivity contribution in [1.82, 2.24) is 4.57 Å². The molecule has 0 bridgehead atoms. The molecule has 0 saturated carbocycles. The zero-order valence-corrected chi connectivity index (χ0v) is 10.6. The van der Waals surface area contributed by atoms with E-state index in [2.05, 4.69) is 11.5 Å². The van der Waals surface area contributed by atoms with Gasteiger partial charge in [-0.1, -0.05) is 12.1 Å². The minimum Gasteiger partial charge on any atom is -0.495 e. The van der Waals surface area contributed by atoms with Crippen LogP contribution in [0.3, 0.4) is 0 Å². The van der Waals surface area contributed by atoms with Crippen LogP contribution in [-0.2, 0) is 17.8 Å². The summed E-state index contributed by atoms with van der Waals surface area (Å²) < 4.78 is 7.47. The maximum absolute atomic E-state index is 10.7. The Labute approximate surface area is 106 Å². The van der Waals surface area contributed by atoms with E-state index in [0.717, 1.165) is 28.8 Å². The molecule has 0 aliphatic heterocycles. The van der Waals surface area contributed by atoms with E-state index in [9.17, 15) is 4.79 Å². The minimum absolute atomic E-state index is 0.153. The smallest absolute Gasteiger partial charge is 0.303 e. The van der Waals surface area contributed by atoms with E-state index in [4.69, 9.17) is 9.84 Å². The van der Waals surface area contributed by atoms with Crippen LogP contribution in [-0.4, -0.2) is 22.8 Å². The summed E-state index contributed by atoms with van der Waals surface area (Å²) in [5.41, 5.74) is 2.11. The number of rotatable bonds is 5. The third kappa shape index (κ3) is 2.18. The Hall–Kier alpha value is -1.97. The Morgan fingerprint density at radius 1 is 1.44 bits per heavy atom. The van der Waals surface area contributed by atoms with Crippen LogP contribution in [0.2, 0.25) is 0 Å². The summed E-state index contributed by atoms with van der Waals surface area (Å²) in [5.74, 6) is 0.0613. The summed E-state index contributed by atoms with van der Waals surface area (Å²) in [6.45, 7) is 2.90. The second-order valence-corrected chi connectivity index (χ2v) is 4.19. The molecule has 0 radical (unpaired) electrons. The summed E-state index contributed by atoms with van der Waals surface area (Å²) in [7, 11) is 1.65. The lowest BCUT2D eigenvalue weighted by Crippen LogP contribution is -1.97. The van der Waals surface area contributed by atoms with Crippen LogP contribution in [0.5, 0.6) is 5.75 Å². The normalized spacial score (nSPS) is 10.8. The van der Waals surface area contributed by atoms with Gasteiger partial charge in [0.2, 0.25) is 0 Å². The number of aromatic nitrogens is 1. The highest BCUT2D eigenvalue weighted by atomic mass is 16.5. The lowest BCUT2D eigenvalue weighted by Gasteiger charge is -2.06. The average molecular weight is 247 g/mol. The molecule has 0 amide bonds. The van der Waals surface area contributed by atoms with Gasteiger partial charge in [-0.2, -0.15) is 0 Å². The monoisotopic (exact) mass is 247 g/mol. The van der Waals surface area contributed by atoms with E-state index in [1.54, 1.807) is 7.11 Å². The summed E-state index contributed by atoms with van der Waals surface area (Å²) in [4.78, 5) is 10.7. The predicted molar refractivity (Wildman–Crippen MR) is 70.1 cm³/mol. The molecule has 18 heavy (non-hydrogen) atoms. The number of fused-ring (bicyclic) bond motifs is 1. The van der Waals surface area contributed by atoms with Crippen LogP contribution >= 0.6 is 0 Å². The summed E-state index contributed by atoms with van der Waals surface area (Å²) in [5, 5.41) is 9.86. The molecule has 4 heteroatoms. The van der Waals surface area contributed by atoms with Gasteiger partial charge in [-0.25, -0.2) is 0 Å². The van der Waals surface area contributed by atoms with Gasteiger partial charge in [0.25, 0.3) is 0 Å². The molecule has 0 unspecified atom stereocenters. The molecule has 0 fully saturated rings. The van der Waals surface area contributed by atoms with Crippen molar-refractivity contribution in [2.75, 3.05) is 7.11 Å². The quantitative estimate of drug-likeness (QED) is 0.883. The van der Waals surface area contributed by atoms with Crippen molar-refractivity contribution in [2.45, 2.75) is 26.3 Å². The molecule has 0 spiro atoms. The predicted octanol–water partition coefficient (Wildman–Crippen LogP) is 2.69. The van der Waals surface area contributed by atoms with Crippen molar-refractivity contribution < 1.29 is 14.6 Å². The zero-order chi connectivity index (χ0) is 13.1. The second-order valence-electron chi connectivity index (χ2n) is 4.19. The molecular weight excluding hydrogens is 230 g/mol. The number of aryl methyl sites for hydroxylation is 2. The van der Waals surface area contributed by atoms with Crippen LogP contribution in [0.1, 0.15) is 18.9 Å². The molecule has 0 atom stereocenters. The van der Waals surface area contributed by atoms with E-state index in [0.29, 0.717) is 6.42 Å². The van der Waals surface area contributed by atoms with Gasteiger partial charge < -0.3 is 14.4 Å². The van der Waals surface area contributed by atoms with E-state index in [1.807, 2.05) is 24.4 Å². The number of nitrogens with zero attached hydrogens (tertiary/aromatic N) is 1. The highest BCUT2D eigenvalue weighted by Gasteiger charge is 2.12. The Morgan fingerprint density at radius 3 is 2.83 bits per heavy atom. The van der Waals surface area contributed by atoms with Crippen LogP contribution in [0.4, 0.5) is 0 Å². The van der Waals surface area contributed by atoms with Gasteiger partial charge in [0.05, 0.1) is 12.6 Å². The van der Waals surface area contributed by atoms with E-state index in [1.165, 1.54) is 0 Å². The first-order chi connectivity index (χ1) is 8.67. The first-order valence-corrected chi connectivity index (χ1v) is 6.04.